The normalized spacial score (nSPS) is 32.0. The number of likely N-dealkylation sites (tertiary alicyclic amines) is 1. The molecule has 0 bridgehead atoms. The van der Waals surface area contributed by atoms with E-state index in [2.05, 4.69) is 36.1 Å². The number of nitrogens with one attached hydrogen (secondary N) is 1. The first kappa shape index (κ1) is 14.3. The van der Waals surface area contributed by atoms with E-state index in [9.17, 15) is 0 Å². The molecule has 0 saturated carbocycles. The van der Waals surface area contributed by atoms with E-state index in [-0.39, 0.29) is 0 Å². The smallest absolute Gasteiger partial charge is 0.0197 e. The Bertz CT molecular complexity index is 236. The molecule has 2 unspecified atom stereocenters. The predicted octanol–water partition coefficient (Wildman–Crippen LogP) is 1.65. The molecule has 0 aromatic heterocycles. The minimum absolute atomic E-state index is 0.727. The molecule has 106 valence electrons. The third kappa shape index (κ3) is 4.52. The van der Waals surface area contributed by atoms with Crippen LogP contribution in [0.25, 0.3) is 0 Å². The van der Waals surface area contributed by atoms with Crippen LogP contribution in [0.15, 0.2) is 0 Å². The van der Waals surface area contributed by atoms with Gasteiger partial charge >= 0.3 is 0 Å². The number of piperidine rings is 2. The summed E-state index contributed by atoms with van der Waals surface area (Å²) < 4.78 is 0. The molecule has 3 nitrogen and oxygen atoms in total. The summed E-state index contributed by atoms with van der Waals surface area (Å²) in [6, 6.07) is 0.727. The van der Waals surface area contributed by atoms with Gasteiger partial charge in [-0.25, -0.2) is 0 Å². The maximum Gasteiger partial charge on any atom is 0.0197 e. The van der Waals surface area contributed by atoms with Gasteiger partial charge in [-0.05, 0) is 71.2 Å². The van der Waals surface area contributed by atoms with E-state index >= 15 is 0 Å². The van der Waals surface area contributed by atoms with Gasteiger partial charge in [0.15, 0.2) is 0 Å². The molecule has 0 aromatic rings. The second kappa shape index (κ2) is 6.88. The molecule has 2 aliphatic heterocycles. The van der Waals surface area contributed by atoms with E-state index in [0.717, 1.165) is 17.9 Å². The van der Waals surface area contributed by atoms with E-state index in [1.807, 2.05) is 0 Å². The number of nitrogens with zero attached hydrogens (tertiary/aromatic N) is 2. The van der Waals surface area contributed by atoms with Gasteiger partial charge < -0.3 is 15.1 Å². The molecule has 0 radical (unpaired) electrons. The van der Waals surface area contributed by atoms with E-state index in [4.69, 9.17) is 0 Å². The molecule has 2 atom stereocenters. The van der Waals surface area contributed by atoms with E-state index in [0.29, 0.717) is 0 Å². The van der Waals surface area contributed by atoms with Crippen LogP contribution in [0.2, 0.25) is 0 Å². The van der Waals surface area contributed by atoms with Crippen LogP contribution in [0, 0.1) is 11.8 Å². The highest BCUT2D eigenvalue weighted by molar-refractivity contribution is 4.80. The zero-order valence-electron chi connectivity index (χ0n) is 12.5. The fourth-order valence-electron chi connectivity index (χ4n) is 3.50. The van der Waals surface area contributed by atoms with Gasteiger partial charge in [0.05, 0.1) is 0 Å². The maximum absolute atomic E-state index is 3.67. The molecular weight excluding hydrogens is 222 g/mol. The van der Waals surface area contributed by atoms with Crippen molar-refractivity contribution in [2.24, 2.45) is 11.8 Å². The number of likely N-dealkylation sites (N-methyl/N-ethyl adjacent to an activating group) is 1. The highest BCUT2D eigenvalue weighted by atomic mass is 15.1. The van der Waals surface area contributed by atoms with Crippen molar-refractivity contribution in [2.45, 2.75) is 38.6 Å². The third-order valence-corrected chi connectivity index (χ3v) is 4.70. The average Bonchev–Trinajstić information content (AvgIpc) is 2.32. The van der Waals surface area contributed by atoms with Crippen molar-refractivity contribution < 1.29 is 0 Å². The Kier molecular flexibility index (Phi) is 5.46. The lowest BCUT2D eigenvalue weighted by Crippen LogP contribution is -2.46. The zero-order valence-corrected chi connectivity index (χ0v) is 12.5. The summed E-state index contributed by atoms with van der Waals surface area (Å²) in [4.78, 5) is 5.02. The Balaban J connectivity index is 1.66. The molecule has 18 heavy (non-hydrogen) atoms. The largest absolute Gasteiger partial charge is 0.313 e. The summed E-state index contributed by atoms with van der Waals surface area (Å²) in [6.45, 7) is 8.71. The monoisotopic (exact) mass is 253 g/mol. The van der Waals surface area contributed by atoms with Crippen LogP contribution < -0.4 is 5.32 Å². The lowest BCUT2D eigenvalue weighted by Gasteiger charge is -2.35. The van der Waals surface area contributed by atoms with Crippen LogP contribution in [-0.2, 0) is 0 Å². The van der Waals surface area contributed by atoms with Crippen molar-refractivity contribution in [3.05, 3.63) is 0 Å². The molecule has 2 aliphatic rings. The fourth-order valence-corrected chi connectivity index (χ4v) is 3.50. The second-order valence-electron chi connectivity index (χ2n) is 6.75. The summed E-state index contributed by atoms with van der Waals surface area (Å²) in [5.74, 6) is 1.83. The van der Waals surface area contributed by atoms with Crippen molar-refractivity contribution in [3.63, 3.8) is 0 Å². The molecule has 2 saturated heterocycles. The van der Waals surface area contributed by atoms with Gasteiger partial charge in [0.1, 0.15) is 0 Å². The summed E-state index contributed by atoms with van der Waals surface area (Å²) in [5, 5.41) is 3.67. The molecule has 1 N–H and O–H groups in total. The standard InChI is InChI=1S/C15H31N3/c1-13-4-7-16-15(10-13)12-18(3)11-14-5-8-17(2)9-6-14/h13-16H,4-12H2,1-3H3. The third-order valence-electron chi connectivity index (χ3n) is 4.70. The highest BCUT2D eigenvalue weighted by Gasteiger charge is 2.22. The average molecular weight is 253 g/mol. The molecule has 0 amide bonds. The number of hydrogen-bond donors (Lipinski definition) is 1. The Morgan fingerprint density at radius 3 is 2.56 bits per heavy atom. The molecule has 0 spiro atoms. The topological polar surface area (TPSA) is 18.5 Å². The Hall–Kier alpha value is -0.120. The summed E-state index contributed by atoms with van der Waals surface area (Å²) in [5.41, 5.74) is 0. The molecule has 0 aliphatic carbocycles. The molecular formula is C15H31N3. The van der Waals surface area contributed by atoms with Crippen molar-refractivity contribution in [2.75, 3.05) is 46.8 Å². The van der Waals surface area contributed by atoms with Crippen molar-refractivity contribution >= 4 is 0 Å². The number of rotatable bonds is 4. The fraction of sp³-hybridized carbons (Fsp3) is 1.00. The molecule has 2 rings (SSSR count). The Morgan fingerprint density at radius 2 is 1.89 bits per heavy atom. The minimum Gasteiger partial charge on any atom is -0.313 e. The van der Waals surface area contributed by atoms with Crippen molar-refractivity contribution in [1.82, 2.24) is 15.1 Å². The van der Waals surface area contributed by atoms with Gasteiger partial charge in [0.25, 0.3) is 0 Å². The van der Waals surface area contributed by atoms with Crippen LogP contribution >= 0.6 is 0 Å². The first-order valence-corrected chi connectivity index (χ1v) is 7.74. The molecule has 3 heteroatoms. The van der Waals surface area contributed by atoms with Gasteiger partial charge in [-0.3, -0.25) is 0 Å². The van der Waals surface area contributed by atoms with E-state index < -0.39 is 0 Å². The summed E-state index contributed by atoms with van der Waals surface area (Å²) in [6.07, 6.45) is 5.48. The Morgan fingerprint density at radius 1 is 1.17 bits per heavy atom. The van der Waals surface area contributed by atoms with Gasteiger partial charge in [0, 0.05) is 19.1 Å². The highest BCUT2D eigenvalue weighted by Crippen LogP contribution is 2.19. The molecule has 2 fully saturated rings. The maximum atomic E-state index is 3.67. The van der Waals surface area contributed by atoms with Crippen LogP contribution in [-0.4, -0.2) is 62.7 Å². The SMILES string of the molecule is CC1CCNC(CN(C)CC2CCN(C)CC2)C1. The minimum atomic E-state index is 0.727. The van der Waals surface area contributed by atoms with Gasteiger partial charge in [0.2, 0.25) is 0 Å². The predicted molar refractivity (Wildman–Crippen MR) is 77.9 cm³/mol. The summed E-state index contributed by atoms with van der Waals surface area (Å²) >= 11 is 0. The van der Waals surface area contributed by atoms with Crippen LogP contribution in [0.1, 0.15) is 32.6 Å². The van der Waals surface area contributed by atoms with Crippen LogP contribution in [0.4, 0.5) is 0 Å². The lowest BCUT2D eigenvalue weighted by molar-refractivity contribution is 0.160. The molecule has 0 aromatic carbocycles. The molecule has 2 heterocycles. The zero-order chi connectivity index (χ0) is 13.0. The van der Waals surface area contributed by atoms with E-state index in [1.165, 1.54) is 58.4 Å². The first-order chi connectivity index (χ1) is 8.63. The van der Waals surface area contributed by atoms with Gasteiger partial charge in [-0.1, -0.05) is 6.92 Å². The second-order valence-corrected chi connectivity index (χ2v) is 6.75. The van der Waals surface area contributed by atoms with Gasteiger partial charge in [-0.15, -0.1) is 0 Å². The van der Waals surface area contributed by atoms with Crippen molar-refractivity contribution in [3.8, 4) is 0 Å². The van der Waals surface area contributed by atoms with Crippen molar-refractivity contribution in [1.29, 1.82) is 0 Å². The quantitative estimate of drug-likeness (QED) is 0.822. The van der Waals surface area contributed by atoms with Crippen LogP contribution in [0.3, 0.4) is 0 Å². The first-order valence-electron chi connectivity index (χ1n) is 7.74. The van der Waals surface area contributed by atoms with E-state index in [1.54, 1.807) is 0 Å². The number of hydrogen-bond acceptors (Lipinski definition) is 3. The lowest BCUT2D eigenvalue weighted by atomic mass is 9.93. The van der Waals surface area contributed by atoms with Crippen LogP contribution in [0.5, 0.6) is 0 Å². The Labute approximate surface area is 113 Å². The van der Waals surface area contributed by atoms with Gasteiger partial charge in [-0.2, -0.15) is 0 Å². The summed E-state index contributed by atoms with van der Waals surface area (Å²) in [7, 11) is 4.55.